The van der Waals surface area contributed by atoms with Crippen molar-refractivity contribution in [1.82, 2.24) is 9.78 Å². The first-order valence-electron chi connectivity index (χ1n) is 6.85. The molecule has 6 nitrogen and oxygen atoms in total. The zero-order chi connectivity index (χ0) is 14.7. The smallest absolute Gasteiger partial charge is 0.283 e. The van der Waals surface area contributed by atoms with Gasteiger partial charge in [-0.3, -0.25) is 4.79 Å². The molecule has 0 aliphatic carbocycles. The van der Waals surface area contributed by atoms with Crippen molar-refractivity contribution in [3.8, 4) is 0 Å². The molecule has 0 spiro atoms. The standard InChI is InChI=1S/C13H21BrN4O2/c1-9(2)7-18-13(19)12(14)11(6-16-18)17-3-4-20-10(5-15)8-17/h6,9-10H,3-5,7-8,15H2,1-2H3. The van der Waals surface area contributed by atoms with Crippen LogP contribution in [-0.2, 0) is 11.3 Å². The van der Waals surface area contributed by atoms with Gasteiger partial charge in [-0.05, 0) is 21.8 Å². The molecule has 1 saturated heterocycles. The van der Waals surface area contributed by atoms with Gasteiger partial charge in [-0.1, -0.05) is 13.8 Å². The van der Waals surface area contributed by atoms with Gasteiger partial charge < -0.3 is 15.4 Å². The summed E-state index contributed by atoms with van der Waals surface area (Å²) in [6.07, 6.45) is 1.75. The molecule has 7 heteroatoms. The summed E-state index contributed by atoms with van der Waals surface area (Å²) in [5, 5.41) is 4.27. The summed E-state index contributed by atoms with van der Waals surface area (Å²) in [7, 11) is 0. The number of hydrogen-bond donors (Lipinski definition) is 1. The van der Waals surface area contributed by atoms with Crippen molar-refractivity contribution >= 4 is 21.6 Å². The van der Waals surface area contributed by atoms with E-state index >= 15 is 0 Å². The fraction of sp³-hybridized carbons (Fsp3) is 0.692. The minimum Gasteiger partial charge on any atom is -0.373 e. The second-order valence-corrected chi connectivity index (χ2v) is 6.19. The van der Waals surface area contributed by atoms with Gasteiger partial charge in [0.15, 0.2) is 0 Å². The Labute approximate surface area is 127 Å². The third-order valence-electron chi connectivity index (χ3n) is 3.25. The zero-order valence-electron chi connectivity index (χ0n) is 11.9. The van der Waals surface area contributed by atoms with Crippen LogP contribution in [0, 0.1) is 5.92 Å². The van der Waals surface area contributed by atoms with Crippen LogP contribution in [0.5, 0.6) is 0 Å². The van der Waals surface area contributed by atoms with Crippen LogP contribution in [0.4, 0.5) is 5.69 Å². The van der Waals surface area contributed by atoms with Crippen molar-refractivity contribution in [2.75, 3.05) is 31.1 Å². The minimum absolute atomic E-state index is 0.00810. The van der Waals surface area contributed by atoms with Crippen LogP contribution in [-0.4, -0.2) is 42.1 Å². The molecule has 0 saturated carbocycles. The molecule has 2 heterocycles. The first-order chi connectivity index (χ1) is 9.52. The molecule has 1 aromatic rings. The van der Waals surface area contributed by atoms with E-state index in [-0.39, 0.29) is 11.7 Å². The monoisotopic (exact) mass is 344 g/mol. The largest absolute Gasteiger partial charge is 0.373 e. The van der Waals surface area contributed by atoms with Crippen LogP contribution < -0.4 is 16.2 Å². The van der Waals surface area contributed by atoms with Gasteiger partial charge in [0.1, 0.15) is 4.47 Å². The molecule has 1 aromatic heterocycles. The Morgan fingerprint density at radius 2 is 2.35 bits per heavy atom. The van der Waals surface area contributed by atoms with Crippen LogP contribution in [0.25, 0.3) is 0 Å². The van der Waals surface area contributed by atoms with E-state index in [1.54, 1.807) is 6.20 Å². The lowest BCUT2D eigenvalue weighted by Gasteiger charge is -2.34. The number of aromatic nitrogens is 2. The number of morpholine rings is 1. The highest BCUT2D eigenvalue weighted by Gasteiger charge is 2.22. The highest BCUT2D eigenvalue weighted by molar-refractivity contribution is 9.10. The van der Waals surface area contributed by atoms with Crippen LogP contribution in [0.15, 0.2) is 15.5 Å². The van der Waals surface area contributed by atoms with Gasteiger partial charge in [-0.15, -0.1) is 0 Å². The SMILES string of the molecule is CC(C)Cn1ncc(N2CCOC(CN)C2)c(Br)c1=O. The second-order valence-electron chi connectivity index (χ2n) is 5.40. The fourth-order valence-corrected chi connectivity index (χ4v) is 2.79. The van der Waals surface area contributed by atoms with Crippen molar-refractivity contribution in [2.24, 2.45) is 11.7 Å². The topological polar surface area (TPSA) is 73.4 Å². The molecule has 0 amide bonds. The van der Waals surface area contributed by atoms with Crippen LogP contribution >= 0.6 is 15.9 Å². The molecule has 1 unspecified atom stereocenters. The summed E-state index contributed by atoms with van der Waals surface area (Å²) >= 11 is 3.41. The number of nitrogens with zero attached hydrogens (tertiary/aromatic N) is 3. The normalized spacial score (nSPS) is 19.6. The van der Waals surface area contributed by atoms with E-state index < -0.39 is 0 Å². The molecular formula is C13H21BrN4O2. The highest BCUT2D eigenvalue weighted by atomic mass is 79.9. The molecule has 112 valence electrons. The number of anilines is 1. The van der Waals surface area contributed by atoms with Gasteiger partial charge in [-0.2, -0.15) is 5.10 Å². The lowest BCUT2D eigenvalue weighted by Crippen LogP contribution is -2.46. The highest BCUT2D eigenvalue weighted by Crippen LogP contribution is 2.23. The second kappa shape index (κ2) is 6.69. The summed E-state index contributed by atoms with van der Waals surface area (Å²) in [6, 6.07) is 0. The average Bonchev–Trinajstić information content (AvgIpc) is 2.44. The lowest BCUT2D eigenvalue weighted by atomic mass is 10.2. The molecular weight excluding hydrogens is 324 g/mol. The van der Waals surface area contributed by atoms with Crippen molar-refractivity contribution < 1.29 is 4.74 Å². The Bertz CT molecular complexity index is 518. The Morgan fingerprint density at radius 1 is 1.60 bits per heavy atom. The predicted octanol–water partition coefficient (Wildman–Crippen LogP) is 0.826. The summed E-state index contributed by atoms with van der Waals surface area (Å²) in [5.41, 5.74) is 6.37. The summed E-state index contributed by atoms with van der Waals surface area (Å²) in [5.74, 6) is 0.378. The van der Waals surface area contributed by atoms with Gasteiger partial charge in [0, 0.05) is 26.2 Å². The maximum atomic E-state index is 12.3. The Morgan fingerprint density at radius 3 is 3.00 bits per heavy atom. The molecule has 1 atom stereocenters. The van der Waals surface area contributed by atoms with Gasteiger partial charge in [0.05, 0.1) is 24.6 Å². The van der Waals surface area contributed by atoms with Crippen LogP contribution in [0.2, 0.25) is 0 Å². The molecule has 0 aromatic carbocycles. The van der Waals surface area contributed by atoms with Crippen molar-refractivity contribution in [3.05, 3.63) is 21.0 Å². The van der Waals surface area contributed by atoms with E-state index in [9.17, 15) is 4.79 Å². The molecule has 1 fully saturated rings. The number of halogens is 1. The predicted molar refractivity (Wildman–Crippen MR) is 82.0 cm³/mol. The first-order valence-corrected chi connectivity index (χ1v) is 7.64. The number of rotatable bonds is 4. The van der Waals surface area contributed by atoms with Gasteiger partial charge in [-0.25, -0.2) is 4.68 Å². The van der Waals surface area contributed by atoms with Gasteiger partial charge in [0.25, 0.3) is 5.56 Å². The Kier molecular flexibility index (Phi) is 5.17. The molecule has 0 radical (unpaired) electrons. The van der Waals surface area contributed by atoms with Crippen LogP contribution in [0.3, 0.4) is 0 Å². The van der Waals surface area contributed by atoms with E-state index in [1.807, 2.05) is 0 Å². The molecule has 20 heavy (non-hydrogen) atoms. The summed E-state index contributed by atoms with van der Waals surface area (Å²) < 4.78 is 7.60. The minimum atomic E-state index is -0.0907. The quantitative estimate of drug-likeness (QED) is 0.875. The van der Waals surface area contributed by atoms with E-state index in [0.29, 0.717) is 36.6 Å². The summed E-state index contributed by atoms with van der Waals surface area (Å²) in [6.45, 7) is 7.25. The third-order valence-corrected chi connectivity index (χ3v) is 3.99. The number of hydrogen-bond acceptors (Lipinski definition) is 5. The lowest BCUT2D eigenvalue weighted by molar-refractivity contribution is 0.0465. The van der Waals surface area contributed by atoms with E-state index in [2.05, 4.69) is 39.8 Å². The maximum Gasteiger partial charge on any atom is 0.283 e. The third kappa shape index (κ3) is 3.39. The fourth-order valence-electron chi connectivity index (χ4n) is 2.23. The van der Waals surface area contributed by atoms with Crippen LogP contribution in [0.1, 0.15) is 13.8 Å². The van der Waals surface area contributed by atoms with E-state index in [1.165, 1.54) is 4.68 Å². The molecule has 1 aliphatic heterocycles. The van der Waals surface area contributed by atoms with Crippen molar-refractivity contribution in [3.63, 3.8) is 0 Å². The van der Waals surface area contributed by atoms with E-state index in [0.717, 1.165) is 12.2 Å². The molecule has 0 bridgehead atoms. The zero-order valence-corrected chi connectivity index (χ0v) is 13.5. The number of nitrogens with two attached hydrogens (primary N) is 1. The van der Waals surface area contributed by atoms with Crippen molar-refractivity contribution in [2.45, 2.75) is 26.5 Å². The van der Waals surface area contributed by atoms with Crippen molar-refractivity contribution in [1.29, 1.82) is 0 Å². The Balaban J connectivity index is 2.25. The Hall–Kier alpha value is -0.920. The maximum absolute atomic E-state index is 12.3. The first kappa shape index (κ1) is 15.5. The van der Waals surface area contributed by atoms with E-state index in [4.69, 9.17) is 10.5 Å². The summed E-state index contributed by atoms with van der Waals surface area (Å²) in [4.78, 5) is 14.4. The molecule has 2 rings (SSSR count). The van der Waals surface area contributed by atoms with Gasteiger partial charge in [0.2, 0.25) is 0 Å². The number of ether oxygens (including phenoxy) is 1. The average molecular weight is 345 g/mol. The van der Waals surface area contributed by atoms with Gasteiger partial charge >= 0.3 is 0 Å². The molecule has 1 aliphatic rings. The molecule has 2 N–H and O–H groups in total.